The number of benzene rings is 1. The molecule has 0 aliphatic rings. The van der Waals surface area contributed by atoms with Crippen LogP contribution in [-0.2, 0) is 16.0 Å². The van der Waals surface area contributed by atoms with Gasteiger partial charge >= 0.3 is 0 Å². The molecule has 0 unspecified atom stereocenters. The Kier molecular flexibility index (Phi) is 7.94. The van der Waals surface area contributed by atoms with E-state index in [9.17, 15) is 9.59 Å². The van der Waals surface area contributed by atoms with Crippen molar-refractivity contribution in [3.05, 3.63) is 40.3 Å². The van der Waals surface area contributed by atoms with Crippen molar-refractivity contribution in [3.8, 4) is 17.1 Å². The summed E-state index contributed by atoms with van der Waals surface area (Å²) in [6.07, 6.45) is 0.455. The van der Waals surface area contributed by atoms with E-state index < -0.39 is 0 Å². The number of hydrogen-bond donors (Lipinski definition) is 2. The number of aromatic nitrogens is 3. The number of aromatic amines is 1. The largest absolute Gasteiger partial charge is 0.491 e. The molecule has 0 fully saturated rings. The number of nitrogens with zero attached hydrogens (tertiary/aromatic N) is 2. The summed E-state index contributed by atoms with van der Waals surface area (Å²) in [5.74, 6) is 1.36. The summed E-state index contributed by atoms with van der Waals surface area (Å²) in [4.78, 5) is 26.7. The zero-order chi connectivity index (χ0) is 19.6. The number of amides is 1. The highest BCUT2D eigenvalue weighted by molar-refractivity contribution is 5.76. The molecule has 8 nitrogen and oxygen atoms in total. The highest BCUT2D eigenvalue weighted by Gasteiger charge is 2.10. The maximum Gasteiger partial charge on any atom is 0.273 e. The number of rotatable bonds is 10. The molecule has 0 saturated carbocycles. The number of nitrogens with one attached hydrogen (secondary N) is 2. The molecule has 2 N–H and O–H groups in total. The molecule has 27 heavy (non-hydrogen) atoms. The molecule has 146 valence electrons. The molecule has 0 saturated heterocycles. The fourth-order valence-electron chi connectivity index (χ4n) is 2.24. The molecule has 0 aliphatic heterocycles. The van der Waals surface area contributed by atoms with Gasteiger partial charge in [-0.15, -0.1) is 10.2 Å². The van der Waals surface area contributed by atoms with Gasteiger partial charge in [-0.1, -0.05) is 13.8 Å². The minimum Gasteiger partial charge on any atom is -0.491 e. The Balaban J connectivity index is 1.95. The number of methoxy groups -OCH3 is 1. The third-order valence-electron chi connectivity index (χ3n) is 3.75. The molecule has 2 rings (SSSR count). The predicted octanol–water partition coefficient (Wildman–Crippen LogP) is 1.56. The third kappa shape index (κ3) is 6.82. The summed E-state index contributed by atoms with van der Waals surface area (Å²) >= 11 is 0. The standard InChI is InChI=1S/C19H26N4O4/c1-13(2)12-20-17(24)9-8-16-19(25)21-18(23-22-16)14-4-6-15(7-5-14)27-11-10-26-3/h4-7,13H,8-12H2,1-3H3,(H,20,24)(H,21,23,25). The molecule has 0 aliphatic carbocycles. The van der Waals surface area contributed by atoms with E-state index in [1.807, 2.05) is 13.8 Å². The Labute approximate surface area is 158 Å². The van der Waals surface area contributed by atoms with Crippen LogP contribution in [0.5, 0.6) is 5.75 Å². The Morgan fingerprint density at radius 3 is 2.56 bits per heavy atom. The van der Waals surface area contributed by atoms with Crippen molar-refractivity contribution in [2.75, 3.05) is 26.9 Å². The minimum atomic E-state index is -0.336. The summed E-state index contributed by atoms with van der Waals surface area (Å²) in [6.45, 7) is 5.63. The quantitative estimate of drug-likeness (QED) is 0.611. The fourth-order valence-corrected chi connectivity index (χ4v) is 2.24. The van der Waals surface area contributed by atoms with Crippen LogP contribution in [0.1, 0.15) is 26.0 Å². The number of ether oxygens (including phenoxy) is 2. The molecule has 8 heteroatoms. The number of carbonyl (C=O) groups excluding carboxylic acids is 1. The van der Waals surface area contributed by atoms with Crippen molar-refractivity contribution >= 4 is 5.91 Å². The number of carbonyl (C=O) groups is 1. The topological polar surface area (TPSA) is 106 Å². The Bertz CT molecular complexity index is 787. The van der Waals surface area contributed by atoms with Crippen molar-refractivity contribution in [1.82, 2.24) is 20.5 Å². The summed E-state index contributed by atoms with van der Waals surface area (Å²) in [5.41, 5.74) is 0.634. The van der Waals surface area contributed by atoms with E-state index in [1.54, 1.807) is 31.4 Å². The first kappa shape index (κ1) is 20.6. The van der Waals surface area contributed by atoms with Gasteiger partial charge in [-0.3, -0.25) is 9.59 Å². The second-order valence-corrected chi connectivity index (χ2v) is 6.51. The van der Waals surface area contributed by atoms with Gasteiger partial charge in [-0.25, -0.2) is 0 Å². The van der Waals surface area contributed by atoms with Gasteiger partial charge in [0.1, 0.15) is 18.1 Å². The first-order valence-corrected chi connectivity index (χ1v) is 8.94. The fraction of sp³-hybridized carbons (Fsp3) is 0.474. The van der Waals surface area contributed by atoms with Gasteiger partial charge in [0, 0.05) is 32.1 Å². The van der Waals surface area contributed by atoms with Crippen LogP contribution in [0.15, 0.2) is 29.1 Å². The van der Waals surface area contributed by atoms with E-state index >= 15 is 0 Å². The van der Waals surface area contributed by atoms with E-state index in [0.29, 0.717) is 37.3 Å². The zero-order valence-corrected chi connectivity index (χ0v) is 15.9. The van der Waals surface area contributed by atoms with Gasteiger partial charge < -0.3 is 19.8 Å². The summed E-state index contributed by atoms with van der Waals surface area (Å²) < 4.78 is 10.4. The number of H-pyrrole nitrogens is 1. The summed E-state index contributed by atoms with van der Waals surface area (Å²) in [7, 11) is 1.61. The molecular weight excluding hydrogens is 348 g/mol. The lowest BCUT2D eigenvalue weighted by molar-refractivity contribution is -0.121. The molecule has 1 amide bonds. The monoisotopic (exact) mass is 374 g/mol. The Hall–Kier alpha value is -2.74. The van der Waals surface area contributed by atoms with E-state index in [1.165, 1.54) is 0 Å². The van der Waals surface area contributed by atoms with Crippen molar-refractivity contribution < 1.29 is 14.3 Å². The minimum absolute atomic E-state index is 0.0990. The predicted molar refractivity (Wildman–Crippen MR) is 102 cm³/mol. The molecule has 0 atom stereocenters. The molecule has 1 aromatic heterocycles. The van der Waals surface area contributed by atoms with Gasteiger partial charge in [0.15, 0.2) is 5.82 Å². The molecule has 2 aromatic rings. The average molecular weight is 374 g/mol. The normalized spacial score (nSPS) is 10.8. The van der Waals surface area contributed by atoms with E-state index in [4.69, 9.17) is 9.47 Å². The molecule has 0 radical (unpaired) electrons. The van der Waals surface area contributed by atoms with Gasteiger partial charge in [0.25, 0.3) is 5.56 Å². The highest BCUT2D eigenvalue weighted by Crippen LogP contribution is 2.18. The highest BCUT2D eigenvalue weighted by atomic mass is 16.5. The van der Waals surface area contributed by atoms with Gasteiger partial charge in [0.2, 0.25) is 5.91 Å². The van der Waals surface area contributed by atoms with Gasteiger partial charge in [-0.05, 0) is 30.2 Å². The van der Waals surface area contributed by atoms with Crippen LogP contribution in [-0.4, -0.2) is 48.0 Å². The van der Waals surface area contributed by atoms with Crippen LogP contribution in [0.3, 0.4) is 0 Å². The van der Waals surface area contributed by atoms with Crippen LogP contribution in [0, 0.1) is 5.92 Å². The first-order chi connectivity index (χ1) is 13.0. The Morgan fingerprint density at radius 1 is 1.19 bits per heavy atom. The van der Waals surface area contributed by atoms with Crippen LogP contribution in [0.2, 0.25) is 0 Å². The maximum atomic E-state index is 12.2. The third-order valence-corrected chi connectivity index (χ3v) is 3.75. The van der Waals surface area contributed by atoms with E-state index in [2.05, 4.69) is 20.5 Å². The van der Waals surface area contributed by atoms with Crippen LogP contribution < -0.4 is 15.6 Å². The van der Waals surface area contributed by atoms with Crippen molar-refractivity contribution in [1.29, 1.82) is 0 Å². The van der Waals surface area contributed by atoms with Gasteiger partial charge in [-0.2, -0.15) is 0 Å². The van der Waals surface area contributed by atoms with E-state index in [-0.39, 0.29) is 30.0 Å². The summed E-state index contributed by atoms with van der Waals surface area (Å²) in [6, 6.07) is 7.16. The first-order valence-electron chi connectivity index (χ1n) is 8.94. The molecule has 0 spiro atoms. The molecule has 0 bridgehead atoms. The number of hydrogen-bond acceptors (Lipinski definition) is 6. The lowest BCUT2D eigenvalue weighted by atomic mass is 10.2. The van der Waals surface area contributed by atoms with Crippen molar-refractivity contribution in [3.63, 3.8) is 0 Å². The average Bonchev–Trinajstić information content (AvgIpc) is 2.66. The van der Waals surface area contributed by atoms with Crippen LogP contribution >= 0.6 is 0 Å². The maximum absolute atomic E-state index is 12.2. The van der Waals surface area contributed by atoms with Crippen molar-refractivity contribution in [2.24, 2.45) is 5.92 Å². The van der Waals surface area contributed by atoms with Crippen molar-refractivity contribution in [2.45, 2.75) is 26.7 Å². The lowest BCUT2D eigenvalue weighted by Crippen LogP contribution is -2.28. The van der Waals surface area contributed by atoms with Crippen LogP contribution in [0.25, 0.3) is 11.4 Å². The van der Waals surface area contributed by atoms with Crippen LogP contribution in [0.4, 0.5) is 0 Å². The molecule has 1 heterocycles. The Morgan fingerprint density at radius 2 is 1.93 bits per heavy atom. The SMILES string of the molecule is COCCOc1ccc(-c2nnc(CCC(=O)NCC(C)C)c(=O)[nH]2)cc1. The van der Waals surface area contributed by atoms with Gasteiger partial charge in [0.05, 0.1) is 6.61 Å². The smallest absolute Gasteiger partial charge is 0.273 e. The second-order valence-electron chi connectivity index (χ2n) is 6.51. The van der Waals surface area contributed by atoms with E-state index in [0.717, 1.165) is 5.56 Å². The summed E-state index contributed by atoms with van der Waals surface area (Å²) in [5, 5.41) is 10.9. The zero-order valence-electron chi connectivity index (χ0n) is 15.9. The lowest BCUT2D eigenvalue weighted by Gasteiger charge is -2.07. The molecular formula is C19H26N4O4. The molecule has 1 aromatic carbocycles. The number of aryl methyl sites for hydroxylation is 1. The second kappa shape index (κ2) is 10.4.